The second-order valence-electron chi connectivity index (χ2n) is 4.75. The molecule has 0 amide bonds. The van der Waals surface area contributed by atoms with Crippen LogP contribution in [0.4, 0.5) is 13.2 Å². The Hall–Kier alpha value is -0.300. The molecular weight excluding hydrogens is 255 g/mol. The van der Waals surface area contributed by atoms with Crippen molar-refractivity contribution in [2.75, 3.05) is 0 Å². The maximum absolute atomic E-state index is 12.7. The third-order valence-electron chi connectivity index (χ3n) is 3.12. The Morgan fingerprint density at radius 2 is 1.71 bits per heavy atom. The monoisotopic (exact) mass is 273 g/mol. The summed E-state index contributed by atoms with van der Waals surface area (Å²) in [5.74, 6) is -1.55. The van der Waals surface area contributed by atoms with Crippen molar-refractivity contribution in [3.63, 3.8) is 0 Å². The lowest BCUT2D eigenvalue weighted by atomic mass is 9.85. The van der Waals surface area contributed by atoms with E-state index in [9.17, 15) is 21.6 Å². The Labute approximate surface area is 99.8 Å². The third-order valence-corrected chi connectivity index (χ3v) is 5.00. The molecule has 0 heterocycles. The number of nitrogens with one attached hydrogen (secondary N) is 1. The Morgan fingerprint density at radius 3 is 2.18 bits per heavy atom. The summed E-state index contributed by atoms with van der Waals surface area (Å²) in [6, 6.07) is -1.00. The van der Waals surface area contributed by atoms with Gasteiger partial charge in [0.05, 0.1) is 11.2 Å². The molecule has 0 bridgehead atoms. The van der Waals surface area contributed by atoms with Crippen LogP contribution in [0.25, 0.3) is 0 Å². The van der Waals surface area contributed by atoms with E-state index in [0.29, 0.717) is 12.8 Å². The van der Waals surface area contributed by atoms with Crippen molar-refractivity contribution in [3.8, 4) is 0 Å². The highest BCUT2D eigenvalue weighted by Gasteiger charge is 2.46. The third kappa shape index (κ3) is 3.84. The van der Waals surface area contributed by atoms with E-state index >= 15 is 0 Å². The Kier molecular flexibility index (Phi) is 4.46. The lowest BCUT2D eigenvalue weighted by Crippen LogP contribution is -2.49. The molecule has 0 aromatic rings. The minimum absolute atomic E-state index is 0.00871. The highest BCUT2D eigenvalue weighted by Crippen LogP contribution is 2.38. The molecule has 2 atom stereocenters. The summed E-state index contributed by atoms with van der Waals surface area (Å²) in [5.41, 5.74) is 0. The van der Waals surface area contributed by atoms with Crippen molar-refractivity contribution in [3.05, 3.63) is 0 Å². The van der Waals surface area contributed by atoms with Gasteiger partial charge in [-0.2, -0.15) is 13.2 Å². The summed E-state index contributed by atoms with van der Waals surface area (Å²) in [6.07, 6.45) is -2.92. The number of hydrogen-bond acceptors (Lipinski definition) is 2. The van der Waals surface area contributed by atoms with Gasteiger partial charge in [-0.1, -0.05) is 12.8 Å². The first-order chi connectivity index (χ1) is 7.64. The predicted molar refractivity (Wildman–Crippen MR) is 59.0 cm³/mol. The first kappa shape index (κ1) is 14.8. The van der Waals surface area contributed by atoms with Crippen LogP contribution in [-0.2, 0) is 10.0 Å². The van der Waals surface area contributed by atoms with E-state index in [1.807, 2.05) is 0 Å². The highest BCUT2D eigenvalue weighted by molar-refractivity contribution is 7.90. The maximum atomic E-state index is 12.7. The molecule has 7 heteroatoms. The van der Waals surface area contributed by atoms with Gasteiger partial charge in [0.15, 0.2) is 0 Å². The average molecular weight is 273 g/mol. The summed E-state index contributed by atoms with van der Waals surface area (Å²) >= 11 is 0. The first-order valence-electron chi connectivity index (χ1n) is 5.72. The summed E-state index contributed by atoms with van der Waals surface area (Å²) in [6.45, 7) is 2.90. The largest absolute Gasteiger partial charge is 0.393 e. The zero-order valence-corrected chi connectivity index (χ0v) is 10.7. The van der Waals surface area contributed by atoms with Crippen molar-refractivity contribution >= 4 is 10.0 Å². The number of hydrogen-bond donors (Lipinski definition) is 1. The van der Waals surface area contributed by atoms with Crippen LogP contribution in [0, 0.1) is 5.92 Å². The molecule has 102 valence electrons. The molecule has 1 N–H and O–H groups in total. The van der Waals surface area contributed by atoms with Gasteiger partial charge in [-0.25, -0.2) is 13.1 Å². The number of halogens is 3. The number of sulfonamides is 1. The van der Waals surface area contributed by atoms with Crippen LogP contribution < -0.4 is 4.72 Å². The van der Waals surface area contributed by atoms with E-state index in [1.54, 1.807) is 0 Å². The van der Waals surface area contributed by atoms with Crippen LogP contribution in [0.1, 0.15) is 39.5 Å². The molecular formula is C10H18F3NO2S. The second kappa shape index (κ2) is 5.14. The zero-order valence-electron chi connectivity index (χ0n) is 9.92. The molecule has 3 nitrogen and oxygen atoms in total. The van der Waals surface area contributed by atoms with Gasteiger partial charge in [-0.3, -0.25) is 0 Å². The fourth-order valence-electron chi connectivity index (χ4n) is 2.01. The molecule has 1 aliphatic carbocycles. The SMILES string of the molecule is CC(C)S(=O)(=O)NC1CCCCC1C(F)(F)F. The van der Waals surface area contributed by atoms with E-state index in [2.05, 4.69) is 4.72 Å². The lowest BCUT2D eigenvalue weighted by Gasteiger charge is -2.33. The lowest BCUT2D eigenvalue weighted by molar-refractivity contribution is -0.187. The van der Waals surface area contributed by atoms with Gasteiger partial charge in [0, 0.05) is 6.04 Å². The summed E-state index contributed by atoms with van der Waals surface area (Å²) in [5, 5.41) is -0.710. The van der Waals surface area contributed by atoms with Crippen LogP contribution in [0.2, 0.25) is 0 Å². The van der Waals surface area contributed by atoms with Gasteiger partial charge in [0.25, 0.3) is 0 Å². The Morgan fingerprint density at radius 1 is 1.18 bits per heavy atom. The van der Waals surface area contributed by atoms with Crippen LogP contribution in [-0.4, -0.2) is 25.9 Å². The second-order valence-corrected chi connectivity index (χ2v) is 7.02. The minimum Gasteiger partial charge on any atom is -0.212 e. The molecule has 2 unspecified atom stereocenters. The predicted octanol–water partition coefficient (Wildman–Crippen LogP) is 2.44. The van der Waals surface area contributed by atoms with Crippen LogP contribution in [0.5, 0.6) is 0 Å². The molecule has 0 radical (unpaired) electrons. The summed E-state index contributed by atoms with van der Waals surface area (Å²) in [7, 11) is -3.64. The van der Waals surface area contributed by atoms with E-state index in [1.165, 1.54) is 13.8 Å². The molecule has 0 aliphatic heterocycles. The van der Waals surface area contributed by atoms with E-state index < -0.39 is 33.4 Å². The van der Waals surface area contributed by atoms with Crippen molar-refractivity contribution in [2.45, 2.75) is 57.0 Å². The molecule has 1 rings (SSSR count). The van der Waals surface area contributed by atoms with Crippen molar-refractivity contribution in [1.82, 2.24) is 4.72 Å². The molecule has 0 saturated heterocycles. The van der Waals surface area contributed by atoms with Gasteiger partial charge in [-0.05, 0) is 26.7 Å². The molecule has 17 heavy (non-hydrogen) atoms. The van der Waals surface area contributed by atoms with Gasteiger partial charge < -0.3 is 0 Å². The molecule has 1 fully saturated rings. The van der Waals surface area contributed by atoms with Crippen molar-refractivity contribution in [2.24, 2.45) is 5.92 Å². The fourth-order valence-corrected chi connectivity index (χ4v) is 2.99. The fraction of sp³-hybridized carbons (Fsp3) is 1.00. The number of alkyl halides is 3. The normalized spacial score (nSPS) is 27.4. The van der Waals surface area contributed by atoms with Gasteiger partial charge in [0.2, 0.25) is 10.0 Å². The molecule has 0 aromatic heterocycles. The van der Waals surface area contributed by atoms with E-state index in [0.717, 1.165) is 0 Å². The first-order valence-corrected chi connectivity index (χ1v) is 7.27. The summed E-state index contributed by atoms with van der Waals surface area (Å²) in [4.78, 5) is 0. The smallest absolute Gasteiger partial charge is 0.212 e. The van der Waals surface area contributed by atoms with Gasteiger partial charge >= 0.3 is 6.18 Å². The molecule has 1 aliphatic rings. The van der Waals surface area contributed by atoms with Gasteiger partial charge in [-0.15, -0.1) is 0 Å². The molecule has 0 aromatic carbocycles. The molecule has 0 spiro atoms. The number of rotatable bonds is 3. The van der Waals surface area contributed by atoms with E-state index in [-0.39, 0.29) is 12.8 Å². The Balaban J connectivity index is 2.80. The standard InChI is InChI=1S/C10H18F3NO2S/c1-7(2)17(15,16)14-9-6-4-3-5-8(9)10(11,12)13/h7-9,14H,3-6H2,1-2H3. The summed E-state index contributed by atoms with van der Waals surface area (Å²) < 4.78 is 63.6. The van der Waals surface area contributed by atoms with E-state index in [4.69, 9.17) is 0 Å². The average Bonchev–Trinajstić information content (AvgIpc) is 2.15. The molecule has 1 saturated carbocycles. The van der Waals surface area contributed by atoms with Crippen molar-refractivity contribution in [1.29, 1.82) is 0 Å². The van der Waals surface area contributed by atoms with Crippen LogP contribution in [0.3, 0.4) is 0 Å². The van der Waals surface area contributed by atoms with Crippen LogP contribution in [0.15, 0.2) is 0 Å². The topological polar surface area (TPSA) is 46.2 Å². The zero-order chi connectivity index (χ0) is 13.3. The van der Waals surface area contributed by atoms with Crippen LogP contribution >= 0.6 is 0 Å². The van der Waals surface area contributed by atoms with Crippen molar-refractivity contribution < 1.29 is 21.6 Å². The quantitative estimate of drug-likeness (QED) is 0.858. The highest BCUT2D eigenvalue weighted by atomic mass is 32.2. The maximum Gasteiger partial charge on any atom is 0.393 e. The van der Waals surface area contributed by atoms with Gasteiger partial charge in [0.1, 0.15) is 0 Å². The minimum atomic E-state index is -4.33. The Bertz CT molecular complexity index is 351.